The van der Waals surface area contributed by atoms with Crippen LogP contribution in [-0.4, -0.2) is 84.8 Å². The average molecular weight is 540 g/mol. The third kappa shape index (κ3) is 5.73. The molecule has 39 heavy (non-hydrogen) atoms. The van der Waals surface area contributed by atoms with Crippen molar-refractivity contribution in [2.45, 2.75) is 31.5 Å². The average Bonchev–Trinajstić information content (AvgIpc) is 3.64. The van der Waals surface area contributed by atoms with Crippen molar-refractivity contribution in [3.8, 4) is 5.75 Å². The SMILES string of the molecule is COc1ccccc1N1CCN(CCc2nnn(C(C)C(O)(Cn3cncn3)c3ccc(F)cc3F)n2)CC1. The lowest BCUT2D eigenvalue weighted by Crippen LogP contribution is -2.47. The smallest absolute Gasteiger partial charge is 0.176 e. The maximum absolute atomic E-state index is 14.8. The predicted octanol–water partition coefficient (Wildman–Crippen LogP) is 2.07. The molecule has 0 spiro atoms. The highest BCUT2D eigenvalue weighted by Gasteiger charge is 2.41. The highest BCUT2D eigenvalue weighted by atomic mass is 19.1. The summed E-state index contributed by atoms with van der Waals surface area (Å²) in [6, 6.07) is 10.2. The summed E-state index contributed by atoms with van der Waals surface area (Å²) in [6.07, 6.45) is 3.29. The predicted molar refractivity (Wildman–Crippen MR) is 138 cm³/mol. The van der Waals surface area contributed by atoms with Crippen LogP contribution < -0.4 is 9.64 Å². The Morgan fingerprint density at radius 3 is 2.62 bits per heavy atom. The van der Waals surface area contributed by atoms with E-state index in [9.17, 15) is 13.9 Å². The largest absolute Gasteiger partial charge is 0.495 e. The molecule has 3 heterocycles. The molecule has 206 valence electrons. The first-order valence-corrected chi connectivity index (χ1v) is 12.8. The first-order valence-electron chi connectivity index (χ1n) is 12.8. The van der Waals surface area contributed by atoms with Gasteiger partial charge >= 0.3 is 0 Å². The van der Waals surface area contributed by atoms with Gasteiger partial charge < -0.3 is 14.7 Å². The minimum Gasteiger partial charge on any atom is -0.495 e. The number of piperazine rings is 1. The van der Waals surface area contributed by atoms with E-state index in [0.29, 0.717) is 12.2 Å². The Morgan fingerprint density at radius 1 is 1.10 bits per heavy atom. The molecule has 4 aromatic rings. The molecule has 1 saturated heterocycles. The van der Waals surface area contributed by atoms with Crippen LogP contribution in [0.2, 0.25) is 0 Å². The molecule has 2 aromatic heterocycles. The molecule has 1 aliphatic heterocycles. The van der Waals surface area contributed by atoms with Gasteiger partial charge in [0.15, 0.2) is 5.82 Å². The van der Waals surface area contributed by atoms with Crippen LogP contribution in [0.3, 0.4) is 0 Å². The standard InChI is InChI=1S/C26H31F2N9O2/c1-19(26(38,16-36-18-29-17-30-36)21-8-7-20(27)15-22(21)28)37-32-25(31-33-37)9-10-34-11-13-35(14-12-34)23-5-3-4-6-24(23)39-2/h3-8,15,17-19,38H,9-14,16H2,1-2H3. The highest BCUT2D eigenvalue weighted by Crippen LogP contribution is 2.36. The van der Waals surface area contributed by atoms with Crippen molar-refractivity contribution < 1.29 is 18.6 Å². The summed E-state index contributed by atoms with van der Waals surface area (Å²) >= 11 is 0. The lowest BCUT2D eigenvalue weighted by Gasteiger charge is -2.36. The Bertz CT molecular complexity index is 1380. The molecule has 1 N–H and O–H groups in total. The second-order valence-corrected chi connectivity index (χ2v) is 9.59. The number of aliphatic hydroxyl groups is 1. The first kappa shape index (κ1) is 26.6. The zero-order chi connectivity index (χ0) is 27.4. The van der Waals surface area contributed by atoms with Gasteiger partial charge in [-0.2, -0.15) is 9.90 Å². The van der Waals surface area contributed by atoms with Crippen molar-refractivity contribution in [1.29, 1.82) is 0 Å². The number of halogens is 2. The van der Waals surface area contributed by atoms with Crippen LogP contribution in [0.15, 0.2) is 55.1 Å². The Labute approximate surface area is 224 Å². The Hall–Kier alpha value is -3.97. The number of hydrogen-bond acceptors (Lipinski definition) is 9. The molecule has 1 aliphatic rings. The van der Waals surface area contributed by atoms with E-state index < -0.39 is 23.3 Å². The maximum atomic E-state index is 14.8. The number of methoxy groups -OCH3 is 1. The summed E-state index contributed by atoms with van der Waals surface area (Å²) in [7, 11) is 1.68. The molecule has 5 rings (SSSR count). The van der Waals surface area contributed by atoms with E-state index in [1.54, 1.807) is 14.0 Å². The summed E-state index contributed by atoms with van der Waals surface area (Å²) in [5.41, 5.74) is -0.869. The van der Waals surface area contributed by atoms with Crippen molar-refractivity contribution in [3.05, 3.63) is 78.1 Å². The normalized spacial score (nSPS) is 16.7. The Kier molecular flexibility index (Phi) is 7.79. The molecular weight excluding hydrogens is 508 g/mol. The third-order valence-electron chi connectivity index (χ3n) is 7.22. The van der Waals surface area contributed by atoms with E-state index >= 15 is 0 Å². The zero-order valence-electron chi connectivity index (χ0n) is 21.9. The molecule has 0 saturated carbocycles. The number of benzene rings is 2. The van der Waals surface area contributed by atoms with E-state index in [1.165, 1.54) is 28.2 Å². The van der Waals surface area contributed by atoms with Crippen molar-refractivity contribution in [2.75, 3.05) is 44.7 Å². The van der Waals surface area contributed by atoms with Crippen LogP contribution in [-0.2, 0) is 18.6 Å². The number of hydrogen-bond donors (Lipinski definition) is 1. The molecule has 13 heteroatoms. The quantitative estimate of drug-likeness (QED) is 0.324. The van der Waals surface area contributed by atoms with Crippen molar-refractivity contribution in [1.82, 2.24) is 39.9 Å². The van der Waals surface area contributed by atoms with Gasteiger partial charge in [-0.3, -0.25) is 4.90 Å². The molecule has 0 bridgehead atoms. The van der Waals surface area contributed by atoms with Crippen molar-refractivity contribution >= 4 is 5.69 Å². The summed E-state index contributed by atoms with van der Waals surface area (Å²) in [5, 5.41) is 28.6. The molecular formula is C26H31F2N9O2. The first-order chi connectivity index (χ1) is 18.9. The Morgan fingerprint density at radius 2 is 1.90 bits per heavy atom. The van der Waals surface area contributed by atoms with E-state index in [2.05, 4.69) is 41.4 Å². The second-order valence-electron chi connectivity index (χ2n) is 9.59. The maximum Gasteiger partial charge on any atom is 0.176 e. The molecule has 0 amide bonds. The van der Waals surface area contributed by atoms with E-state index in [1.807, 2.05) is 18.2 Å². The number of anilines is 1. The van der Waals surface area contributed by atoms with Crippen LogP contribution in [0.25, 0.3) is 0 Å². The molecule has 1 fully saturated rings. The van der Waals surface area contributed by atoms with Gasteiger partial charge in [-0.1, -0.05) is 18.2 Å². The van der Waals surface area contributed by atoms with E-state index in [4.69, 9.17) is 4.74 Å². The molecule has 0 aliphatic carbocycles. The lowest BCUT2D eigenvalue weighted by atomic mass is 9.86. The second kappa shape index (κ2) is 11.4. The van der Waals surface area contributed by atoms with E-state index in [0.717, 1.165) is 56.3 Å². The molecule has 0 radical (unpaired) electrons. The topological polar surface area (TPSA) is 110 Å². The van der Waals surface area contributed by atoms with Gasteiger partial charge in [0, 0.05) is 50.8 Å². The van der Waals surface area contributed by atoms with Crippen LogP contribution in [0.5, 0.6) is 5.75 Å². The Balaban J connectivity index is 1.24. The fourth-order valence-corrected chi connectivity index (χ4v) is 4.92. The monoisotopic (exact) mass is 539 g/mol. The number of rotatable bonds is 10. The van der Waals surface area contributed by atoms with Crippen LogP contribution in [0.1, 0.15) is 24.4 Å². The number of tetrazole rings is 1. The van der Waals surface area contributed by atoms with Crippen molar-refractivity contribution in [3.63, 3.8) is 0 Å². The molecule has 11 nitrogen and oxygen atoms in total. The molecule has 2 aromatic carbocycles. The number of ether oxygens (including phenoxy) is 1. The third-order valence-corrected chi connectivity index (χ3v) is 7.22. The van der Waals surface area contributed by atoms with E-state index in [-0.39, 0.29) is 12.1 Å². The van der Waals surface area contributed by atoms with Crippen LogP contribution in [0.4, 0.5) is 14.5 Å². The number of nitrogens with zero attached hydrogens (tertiary/aromatic N) is 9. The summed E-state index contributed by atoms with van der Waals surface area (Å²) in [4.78, 5) is 9.82. The fraction of sp³-hybridized carbons (Fsp3) is 0.423. The minimum absolute atomic E-state index is 0.0985. The van der Waals surface area contributed by atoms with Gasteiger partial charge in [-0.25, -0.2) is 18.4 Å². The summed E-state index contributed by atoms with van der Waals surface area (Å²) < 4.78 is 35.3. The zero-order valence-corrected chi connectivity index (χ0v) is 21.9. The van der Waals surface area contributed by atoms with Gasteiger partial charge in [0.05, 0.1) is 19.3 Å². The fourth-order valence-electron chi connectivity index (χ4n) is 4.92. The number of aromatic nitrogens is 7. The number of para-hydroxylation sites is 2. The molecule has 2 atom stereocenters. The van der Waals surface area contributed by atoms with Crippen LogP contribution in [0, 0.1) is 11.6 Å². The van der Waals surface area contributed by atoms with Gasteiger partial charge in [-0.15, -0.1) is 10.2 Å². The summed E-state index contributed by atoms with van der Waals surface area (Å²) in [5.74, 6) is -0.240. The van der Waals surface area contributed by atoms with Crippen molar-refractivity contribution in [2.24, 2.45) is 0 Å². The highest BCUT2D eigenvalue weighted by molar-refractivity contribution is 5.58. The molecule has 2 unspecified atom stereocenters. The van der Waals surface area contributed by atoms with Gasteiger partial charge in [0.25, 0.3) is 0 Å². The lowest BCUT2D eigenvalue weighted by molar-refractivity contribution is -0.0418. The van der Waals surface area contributed by atoms with Crippen LogP contribution >= 0.6 is 0 Å². The van der Waals surface area contributed by atoms with Gasteiger partial charge in [0.2, 0.25) is 0 Å². The van der Waals surface area contributed by atoms with Gasteiger partial charge in [-0.05, 0) is 30.3 Å². The van der Waals surface area contributed by atoms with Gasteiger partial charge in [0.1, 0.15) is 41.7 Å². The summed E-state index contributed by atoms with van der Waals surface area (Å²) in [6.45, 7) is 5.75. The minimum atomic E-state index is -1.86.